The van der Waals surface area contributed by atoms with Crippen LogP contribution in [0.1, 0.15) is 12.5 Å². The van der Waals surface area contributed by atoms with Crippen LogP contribution in [-0.4, -0.2) is 36.2 Å². The monoisotopic (exact) mass is 332 g/mol. The zero-order chi connectivity index (χ0) is 16.6. The molecule has 0 spiro atoms. The predicted molar refractivity (Wildman–Crippen MR) is 83.5 cm³/mol. The van der Waals surface area contributed by atoms with E-state index in [1.807, 2.05) is 0 Å². The molecule has 23 heavy (non-hydrogen) atoms. The van der Waals surface area contributed by atoms with Crippen LogP contribution in [0.3, 0.4) is 0 Å². The summed E-state index contributed by atoms with van der Waals surface area (Å²) in [5.74, 6) is -1.63. The average Bonchev–Trinajstić information content (AvgIpc) is 2.97. The molecular formula is C15H12N2O5S. The number of carbonyl (C=O) groups excluding carboxylic acids is 4. The van der Waals surface area contributed by atoms with Crippen molar-refractivity contribution in [1.29, 1.82) is 0 Å². The largest absolute Gasteiger partial charge is 0.465 e. The average molecular weight is 332 g/mol. The van der Waals surface area contributed by atoms with E-state index < -0.39 is 23.0 Å². The Balaban J connectivity index is 2.06. The molecular weight excluding hydrogens is 320 g/mol. The molecule has 3 rings (SSSR count). The molecule has 0 saturated carbocycles. The van der Waals surface area contributed by atoms with Gasteiger partial charge in [-0.15, -0.1) is 0 Å². The molecule has 1 aromatic rings. The molecule has 0 aromatic heterocycles. The summed E-state index contributed by atoms with van der Waals surface area (Å²) < 4.78 is 4.88. The molecule has 0 bridgehead atoms. The third-order valence-electron chi connectivity index (χ3n) is 3.36. The number of imide groups is 1. The van der Waals surface area contributed by atoms with Crippen molar-refractivity contribution in [2.24, 2.45) is 0 Å². The summed E-state index contributed by atoms with van der Waals surface area (Å²) in [6.45, 7) is 1.64. The van der Waals surface area contributed by atoms with Crippen molar-refractivity contribution >= 4 is 46.0 Å². The number of hydrogen-bond acceptors (Lipinski definition) is 6. The Bertz CT molecular complexity index is 771. The van der Waals surface area contributed by atoms with Gasteiger partial charge in [-0.2, -0.15) is 0 Å². The Morgan fingerprint density at radius 1 is 1.26 bits per heavy atom. The number of ether oxygens (including phenoxy) is 1. The minimum atomic E-state index is -0.601. The smallest absolute Gasteiger partial charge is 0.326 e. The Kier molecular flexibility index (Phi) is 3.91. The number of benzene rings is 1. The normalized spacial score (nSPS) is 19.9. The van der Waals surface area contributed by atoms with Gasteiger partial charge >= 0.3 is 5.97 Å². The highest BCUT2D eigenvalue weighted by atomic mass is 32.2. The number of esters is 1. The number of nitrogens with one attached hydrogen (secondary N) is 1. The fourth-order valence-corrected chi connectivity index (χ4v) is 3.24. The van der Waals surface area contributed by atoms with E-state index in [4.69, 9.17) is 4.74 Å². The summed E-state index contributed by atoms with van der Waals surface area (Å²) in [6.07, 6.45) is 0. The molecule has 2 aliphatic rings. The van der Waals surface area contributed by atoms with Crippen LogP contribution in [0.15, 0.2) is 29.2 Å². The molecule has 0 atom stereocenters. The van der Waals surface area contributed by atoms with Crippen molar-refractivity contribution in [2.45, 2.75) is 6.92 Å². The molecule has 1 N–H and O–H groups in total. The molecule has 1 aromatic carbocycles. The number of thioether (sulfide) groups is 1. The van der Waals surface area contributed by atoms with E-state index in [2.05, 4.69) is 5.32 Å². The summed E-state index contributed by atoms with van der Waals surface area (Å²) in [5, 5.41) is 1.61. The molecule has 7 nitrogen and oxygen atoms in total. The van der Waals surface area contributed by atoms with Gasteiger partial charge in [-0.25, -0.2) is 0 Å². The first kappa shape index (κ1) is 15.3. The van der Waals surface area contributed by atoms with Crippen LogP contribution in [0.25, 0.3) is 5.57 Å². The van der Waals surface area contributed by atoms with Crippen molar-refractivity contribution in [3.63, 3.8) is 0 Å². The van der Waals surface area contributed by atoms with E-state index in [0.29, 0.717) is 23.0 Å². The molecule has 118 valence electrons. The summed E-state index contributed by atoms with van der Waals surface area (Å²) in [5.41, 5.74) is 1.17. The number of para-hydroxylation sites is 1. The highest BCUT2D eigenvalue weighted by Crippen LogP contribution is 2.42. The second kappa shape index (κ2) is 5.88. The van der Waals surface area contributed by atoms with Gasteiger partial charge in [0.1, 0.15) is 6.54 Å². The number of nitrogens with zero attached hydrogens (tertiary/aromatic N) is 1. The van der Waals surface area contributed by atoms with E-state index >= 15 is 0 Å². The topological polar surface area (TPSA) is 92.8 Å². The van der Waals surface area contributed by atoms with Crippen molar-refractivity contribution in [3.8, 4) is 0 Å². The first-order chi connectivity index (χ1) is 11.0. The van der Waals surface area contributed by atoms with Gasteiger partial charge in [-0.1, -0.05) is 18.2 Å². The van der Waals surface area contributed by atoms with Crippen LogP contribution in [0.2, 0.25) is 0 Å². The standard InChI is InChI=1S/C15H12N2O5S/c1-2-22-10(18)7-17-9-6-4-3-5-8(9)11(14(17)20)12-13(19)16-15(21)23-12/h3-6H,2,7H2,1H3,(H,16,19,21). The van der Waals surface area contributed by atoms with Crippen molar-refractivity contribution in [2.75, 3.05) is 18.1 Å². The van der Waals surface area contributed by atoms with Crippen LogP contribution in [0.4, 0.5) is 10.5 Å². The molecule has 8 heteroatoms. The van der Waals surface area contributed by atoms with E-state index in [0.717, 1.165) is 0 Å². The second-order valence-electron chi connectivity index (χ2n) is 4.76. The van der Waals surface area contributed by atoms with E-state index in [-0.39, 0.29) is 23.6 Å². The Morgan fingerprint density at radius 3 is 2.65 bits per heavy atom. The fourth-order valence-electron chi connectivity index (χ4n) is 2.47. The van der Waals surface area contributed by atoms with Gasteiger partial charge in [0.25, 0.3) is 17.1 Å². The molecule has 1 saturated heterocycles. The Labute approximate surface area is 135 Å². The van der Waals surface area contributed by atoms with Crippen LogP contribution in [0.5, 0.6) is 0 Å². The lowest BCUT2D eigenvalue weighted by molar-refractivity contribution is -0.142. The highest BCUT2D eigenvalue weighted by molar-refractivity contribution is 8.18. The summed E-state index contributed by atoms with van der Waals surface area (Å²) in [7, 11) is 0. The Hall–Kier alpha value is -2.61. The van der Waals surface area contributed by atoms with Gasteiger partial charge in [-0.3, -0.25) is 29.4 Å². The zero-order valence-electron chi connectivity index (χ0n) is 12.1. The number of hydrogen-bond donors (Lipinski definition) is 1. The third kappa shape index (κ3) is 2.61. The number of rotatable bonds is 3. The molecule has 0 unspecified atom stereocenters. The van der Waals surface area contributed by atoms with Crippen molar-refractivity contribution in [3.05, 3.63) is 34.7 Å². The molecule has 1 fully saturated rings. The first-order valence-corrected chi connectivity index (χ1v) is 7.69. The maximum atomic E-state index is 12.7. The lowest BCUT2D eigenvalue weighted by Crippen LogP contribution is -2.33. The SMILES string of the molecule is CCOC(=O)CN1C(=O)C(=C2SC(=O)NC2=O)c2ccccc21. The van der Waals surface area contributed by atoms with Crippen LogP contribution in [0, 0.1) is 0 Å². The third-order valence-corrected chi connectivity index (χ3v) is 4.24. The van der Waals surface area contributed by atoms with Gasteiger partial charge in [0.05, 0.1) is 22.8 Å². The van der Waals surface area contributed by atoms with Gasteiger partial charge in [0, 0.05) is 5.56 Å². The van der Waals surface area contributed by atoms with Crippen LogP contribution in [-0.2, 0) is 19.1 Å². The first-order valence-electron chi connectivity index (χ1n) is 6.87. The molecule has 3 amide bonds. The molecule has 0 aliphatic carbocycles. The van der Waals surface area contributed by atoms with Crippen LogP contribution >= 0.6 is 11.8 Å². The molecule has 2 aliphatic heterocycles. The maximum Gasteiger partial charge on any atom is 0.326 e. The van der Waals surface area contributed by atoms with Gasteiger partial charge in [0.15, 0.2) is 0 Å². The quantitative estimate of drug-likeness (QED) is 0.662. The summed E-state index contributed by atoms with van der Waals surface area (Å²) in [6, 6.07) is 6.81. The summed E-state index contributed by atoms with van der Waals surface area (Å²) in [4.78, 5) is 49.0. The number of carbonyl (C=O) groups is 4. The van der Waals surface area contributed by atoms with E-state index in [1.165, 1.54) is 4.90 Å². The van der Waals surface area contributed by atoms with Crippen molar-refractivity contribution < 1.29 is 23.9 Å². The maximum absolute atomic E-state index is 12.7. The van der Waals surface area contributed by atoms with Gasteiger partial charge in [0.2, 0.25) is 0 Å². The van der Waals surface area contributed by atoms with E-state index in [1.54, 1.807) is 31.2 Å². The van der Waals surface area contributed by atoms with Gasteiger partial charge < -0.3 is 4.74 Å². The van der Waals surface area contributed by atoms with Crippen molar-refractivity contribution in [1.82, 2.24) is 5.32 Å². The number of amides is 3. The van der Waals surface area contributed by atoms with E-state index in [9.17, 15) is 19.2 Å². The number of anilines is 1. The lowest BCUT2D eigenvalue weighted by atomic mass is 10.1. The van der Waals surface area contributed by atoms with Crippen LogP contribution < -0.4 is 10.2 Å². The minimum absolute atomic E-state index is 0.0545. The molecule has 2 heterocycles. The highest BCUT2D eigenvalue weighted by Gasteiger charge is 2.40. The number of fused-ring (bicyclic) bond motifs is 1. The fraction of sp³-hybridized carbons (Fsp3) is 0.200. The lowest BCUT2D eigenvalue weighted by Gasteiger charge is -2.15. The minimum Gasteiger partial charge on any atom is -0.465 e. The summed E-state index contributed by atoms with van der Waals surface area (Å²) >= 11 is 0.686. The molecule has 0 radical (unpaired) electrons. The predicted octanol–water partition coefficient (Wildman–Crippen LogP) is 1.29. The Morgan fingerprint density at radius 2 is 2.00 bits per heavy atom. The zero-order valence-corrected chi connectivity index (χ0v) is 12.9. The second-order valence-corrected chi connectivity index (χ2v) is 5.74. The van der Waals surface area contributed by atoms with Gasteiger partial charge in [-0.05, 0) is 24.8 Å².